The molecule has 3 fully saturated rings. The van der Waals surface area contributed by atoms with Crippen molar-refractivity contribution in [3.63, 3.8) is 0 Å². The average Bonchev–Trinajstić information content (AvgIpc) is 2.31. The number of piperidine rings is 1. The summed E-state index contributed by atoms with van der Waals surface area (Å²) in [5.41, 5.74) is -0.290. The molecule has 2 heterocycles. The van der Waals surface area contributed by atoms with Crippen molar-refractivity contribution in [3.8, 4) is 6.07 Å². The lowest BCUT2D eigenvalue weighted by Gasteiger charge is -2.57. The first-order valence-electron chi connectivity index (χ1n) is 7.64. The molecule has 1 saturated carbocycles. The van der Waals surface area contributed by atoms with E-state index in [0.717, 1.165) is 39.1 Å². The number of ketones is 1. The molecule has 0 N–H and O–H groups in total. The summed E-state index contributed by atoms with van der Waals surface area (Å²) in [6.07, 6.45) is 1.78. The number of nitriles is 1. The van der Waals surface area contributed by atoms with Crippen LogP contribution in [-0.2, 0) is 9.53 Å². The van der Waals surface area contributed by atoms with Crippen molar-refractivity contribution in [1.82, 2.24) is 4.90 Å². The minimum absolute atomic E-state index is 0.0750. The Hall–Kier alpha value is -0.920. The van der Waals surface area contributed by atoms with E-state index in [4.69, 9.17) is 4.74 Å². The van der Waals surface area contributed by atoms with Crippen LogP contribution in [0.5, 0.6) is 0 Å². The topological polar surface area (TPSA) is 53.3 Å². The molecular formula is C16H24N2O2. The minimum Gasteiger partial charge on any atom is -0.378 e. The maximum Gasteiger partial charge on any atom is 0.155 e. The third-order valence-electron chi connectivity index (χ3n) is 5.90. The summed E-state index contributed by atoms with van der Waals surface area (Å²) < 4.78 is 5.31. The van der Waals surface area contributed by atoms with E-state index in [0.29, 0.717) is 12.0 Å². The highest BCUT2D eigenvalue weighted by Crippen LogP contribution is 2.55. The Balaban J connectivity index is 1.86. The fraction of sp³-hybridized carbons (Fsp3) is 0.875. The number of rotatable bonds is 1. The Labute approximate surface area is 121 Å². The molecule has 20 heavy (non-hydrogen) atoms. The number of nitrogens with zero attached hydrogens (tertiary/aromatic N) is 2. The molecule has 3 atom stereocenters. The van der Waals surface area contributed by atoms with E-state index in [9.17, 15) is 10.1 Å². The van der Waals surface area contributed by atoms with E-state index in [-0.39, 0.29) is 16.6 Å². The molecule has 2 saturated heterocycles. The highest BCUT2D eigenvalue weighted by Gasteiger charge is 2.57. The lowest BCUT2D eigenvalue weighted by molar-refractivity contribution is -0.157. The van der Waals surface area contributed by atoms with Crippen molar-refractivity contribution in [1.29, 1.82) is 5.26 Å². The molecule has 3 aliphatic rings. The third kappa shape index (κ3) is 1.91. The molecule has 0 aromatic rings. The van der Waals surface area contributed by atoms with Crippen LogP contribution in [0.15, 0.2) is 0 Å². The van der Waals surface area contributed by atoms with Gasteiger partial charge >= 0.3 is 0 Å². The second kappa shape index (κ2) is 4.54. The molecule has 0 radical (unpaired) electrons. The van der Waals surface area contributed by atoms with Crippen LogP contribution in [0.25, 0.3) is 0 Å². The van der Waals surface area contributed by atoms with Gasteiger partial charge in [0, 0.05) is 12.0 Å². The number of Topliss-reactive ketones (excluding diaryl/α,β-unsaturated/α-hetero) is 1. The molecule has 0 aromatic heterocycles. The maximum atomic E-state index is 12.5. The van der Waals surface area contributed by atoms with Gasteiger partial charge in [-0.05, 0) is 30.7 Å². The summed E-state index contributed by atoms with van der Waals surface area (Å²) >= 11 is 0. The number of carbonyl (C=O) groups excluding carboxylic acids is 1. The van der Waals surface area contributed by atoms with E-state index in [1.54, 1.807) is 0 Å². The predicted molar refractivity (Wildman–Crippen MR) is 74.9 cm³/mol. The quantitative estimate of drug-likeness (QED) is 0.733. The largest absolute Gasteiger partial charge is 0.378 e. The van der Waals surface area contributed by atoms with Gasteiger partial charge in [-0.25, -0.2) is 0 Å². The standard InChI is InChI=1S/C16H24N2O2/c1-15(2)13-4-5-18(12-8-20-9-12)10-16(13,3)6-11(7-17)14(15)19/h11-13H,4-6,8-10H2,1-3H3. The normalized spacial score (nSPS) is 41.6. The molecule has 3 rings (SSSR count). The number of hydrogen-bond donors (Lipinski definition) is 0. The molecule has 110 valence electrons. The van der Waals surface area contributed by atoms with Gasteiger partial charge in [-0.2, -0.15) is 5.26 Å². The van der Waals surface area contributed by atoms with Gasteiger partial charge in [0.25, 0.3) is 0 Å². The van der Waals surface area contributed by atoms with Crippen molar-refractivity contribution in [3.05, 3.63) is 0 Å². The first kappa shape index (κ1) is 14.0. The van der Waals surface area contributed by atoms with Gasteiger partial charge in [-0.1, -0.05) is 20.8 Å². The summed E-state index contributed by atoms with van der Waals surface area (Å²) in [6.45, 7) is 10.1. The zero-order valence-electron chi connectivity index (χ0n) is 12.7. The number of carbonyl (C=O) groups is 1. The Morgan fingerprint density at radius 1 is 1.35 bits per heavy atom. The molecule has 4 nitrogen and oxygen atoms in total. The SMILES string of the molecule is CC12CC(C#N)C(=O)C(C)(C)C1CCN(C1COC1)C2. The van der Waals surface area contributed by atoms with Crippen molar-refractivity contribution in [2.24, 2.45) is 22.7 Å². The zero-order valence-corrected chi connectivity index (χ0v) is 12.7. The Morgan fingerprint density at radius 3 is 2.60 bits per heavy atom. The van der Waals surface area contributed by atoms with E-state index in [1.807, 2.05) is 13.8 Å². The van der Waals surface area contributed by atoms with Crippen LogP contribution in [0.2, 0.25) is 0 Å². The maximum absolute atomic E-state index is 12.5. The Kier molecular flexibility index (Phi) is 3.19. The first-order chi connectivity index (χ1) is 9.38. The lowest BCUT2D eigenvalue weighted by Crippen LogP contribution is -2.62. The number of likely N-dealkylation sites (tertiary alicyclic amines) is 1. The first-order valence-corrected chi connectivity index (χ1v) is 7.64. The predicted octanol–water partition coefficient (Wildman–Crippen LogP) is 1.85. The smallest absolute Gasteiger partial charge is 0.155 e. The lowest BCUT2D eigenvalue weighted by atomic mass is 9.51. The second-order valence-corrected chi connectivity index (χ2v) is 7.63. The summed E-state index contributed by atoms with van der Waals surface area (Å²) in [5.74, 6) is 0.121. The number of fused-ring (bicyclic) bond motifs is 1. The zero-order chi connectivity index (χ0) is 14.5. The van der Waals surface area contributed by atoms with Crippen molar-refractivity contribution in [2.75, 3.05) is 26.3 Å². The molecule has 0 spiro atoms. The van der Waals surface area contributed by atoms with Gasteiger partial charge in [0.05, 0.1) is 25.3 Å². The Bertz CT molecular complexity index is 464. The second-order valence-electron chi connectivity index (χ2n) is 7.63. The van der Waals surface area contributed by atoms with Gasteiger partial charge in [-0.15, -0.1) is 0 Å². The van der Waals surface area contributed by atoms with Crippen LogP contribution in [0.4, 0.5) is 0 Å². The number of ether oxygens (including phenoxy) is 1. The monoisotopic (exact) mass is 276 g/mol. The molecule has 0 aromatic carbocycles. The third-order valence-corrected chi connectivity index (χ3v) is 5.90. The van der Waals surface area contributed by atoms with E-state index < -0.39 is 5.92 Å². The Morgan fingerprint density at radius 2 is 2.05 bits per heavy atom. The van der Waals surface area contributed by atoms with E-state index in [2.05, 4.69) is 17.9 Å². The molecule has 3 unspecified atom stereocenters. The van der Waals surface area contributed by atoms with Gasteiger partial charge < -0.3 is 4.74 Å². The molecular weight excluding hydrogens is 252 g/mol. The molecule has 0 amide bonds. The van der Waals surface area contributed by atoms with Crippen molar-refractivity contribution in [2.45, 2.75) is 39.7 Å². The highest BCUT2D eigenvalue weighted by atomic mass is 16.5. The van der Waals surface area contributed by atoms with E-state index >= 15 is 0 Å². The summed E-state index contributed by atoms with van der Waals surface area (Å²) in [6, 6.07) is 2.80. The van der Waals surface area contributed by atoms with Crippen LogP contribution in [-0.4, -0.2) is 43.0 Å². The van der Waals surface area contributed by atoms with Gasteiger partial charge in [0.15, 0.2) is 5.78 Å². The number of hydrogen-bond acceptors (Lipinski definition) is 4. The van der Waals surface area contributed by atoms with Crippen molar-refractivity contribution < 1.29 is 9.53 Å². The van der Waals surface area contributed by atoms with Gasteiger partial charge in [-0.3, -0.25) is 9.69 Å². The van der Waals surface area contributed by atoms with Crippen LogP contribution in [0, 0.1) is 34.0 Å². The van der Waals surface area contributed by atoms with Gasteiger partial charge in [0.2, 0.25) is 0 Å². The van der Waals surface area contributed by atoms with Crippen LogP contribution < -0.4 is 0 Å². The minimum atomic E-state index is -0.427. The van der Waals surface area contributed by atoms with Crippen LogP contribution >= 0.6 is 0 Å². The van der Waals surface area contributed by atoms with Gasteiger partial charge in [0.1, 0.15) is 5.92 Å². The fourth-order valence-corrected chi connectivity index (χ4v) is 4.77. The van der Waals surface area contributed by atoms with E-state index in [1.165, 1.54) is 0 Å². The summed E-state index contributed by atoms with van der Waals surface area (Å²) in [5, 5.41) is 9.33. The fourth-order valence-electron chi connectivity index (χ4n) is 4.77. The molecule has 2 aliphatic heterocycles. The van der Waals surface area contributed by atoms with Crippen LogP contribution in [0.3, 0.4) is 0 Å². The molecule has 0 bridgehead atoms. The molecule has 1 aliphatic carbocycles. The van der Waals surface area contributed by atoms with Crippen molar-refractivity contribution >= 4 is 5.78 Å². The summed E-state index contributed by atoms with van der Waals surface area (Å²) in [4.78, 5) is 15.0. The molecule has 4 heteroatoms. The highest BCUT2D eigenvalue weighted by molar-refractivity contribution is 5.89. The van der Waals surface area contributed by atoms with Crippen LogP contribution in [0.1, 0.15) is 33.6 Å². The summed E-state index contributed by atoms with van der Waals surface area (Å²) in [7, 11) is 0. The average molecular weight is 276 g/mol.